The van der Waals surface area contributed by atoms with Crippen molar-refractivity contribution in [3.63, 3.8) is 0 Å². The largest absolute Gasteiger partial charge is 0.481 e. The molecule has 2 saturated heterocycles. The topological polar surface area (TPSA) is 52.6 Å². The number of hydrogen-bond donors (Lipinski definition) is 2. The fraction of sp³-hybridized carbons (Fsp3) is 0.682. The van der Waals surface area contributed by atoms with Crippen molar-refractivity contribution < 1.29 is 23.1 Å². The van der Waals surface area contributed by atoms with E-state index in [0.717, 1.165) is 64.2 Å². The molecule has 2 heterocycles. The van der Waals surface area contributed by atoms with E-state index in [4.69, 9.17) is 0 Å². The molecule has 4 rings (SSSR count). The molecule has 4 nitrogen and oxygen atoms in total. The van der Waals surface area contributed by atoms with E-state index < -0.39 is 23.1 Å². The Morgan fingerprint density at radius 2 is 1.72 bits per heavy atom. The first-order valence-corrected chi connectivity index (χ1v) is 10.7. The van der Waals surface area contributed by atoms with Crippen LogP contribution in [0.25, 0.3) is 0 Å². The number of nitrogens with one attached hydrogen (secondary N) is 1. The molecule has 7 heteroatoms. The Morgan fingerprint density at radius 3 is 2.34 bits per heavy atom. The molecule has 0 aromatic heterocycles. The minimum absolute atomic E-state index is 0.0670. The predicted octanol–water partition coefficient (Wildman–Crippen LogP) is 4.32. The third-order valence-corrected chi connectivity index (χ3v) is 7.39. The Hall–Kier alpha value is -1.60. The van der Waals surface area contributed by atoms with Crippen LogP contribution < -0.4 is 5.32 Å². The van der Waals surface area contributed by atoms with Crippen LogP contribution in [0.3, 0.4) is 0 Å². The fourth-order valence-electron chi connectivity index (χ4n) is 5.75. The summed E-state index contributed by atoms with van der Waals surface area (Å²) in [5.74, 6) is -1.00. The highest BCUT2D eigenvalue weighted by atomic mass is 19.4. The molecule has 1 aromatic carbocycles. The zero-order chi connectivity index (χ0) is 20.7. The summed E-state index contributed by atoms with van der Waals surface area (Å²) in [5, 5.41) is 13.3. The number of carbonyl (C=O) groups is 1. The van der Waals surface area contributed by atoms with Crippen molar-refractivity contribution in [2.75, 3.05) is 19.6 Å². The van der Waals surface area contributed by atoms with Gasteiger partial charge in [-0.25, -0.2) is 0 Å². The van der Waals surface area contributed by atoms with Crippen molar-refractivity contribution >= 4 is 5.97 Å². The lowest BCUT2D eigenvalue weighted by atomic mass is 9.77. The van der Waals surface area contributed by atoms with Crippen molar-refractivity contribution in [3.8, 4) is 0 Å². The maximum atomic E-state index is 13.7. The Balaban J connectivity index is 1.70. The van der Waals surface area contributed by atoms with Crippen molar-refractivity contribution in [2.24, 2.45) is 0 Å². The summed E-state index contributed by atoms with van der Waals surface area (Å²) in [5.41, 5.74) is -0.936. The highest BCUT2D eigenvalue weighted by Gasteiger charge is 2.45. The number of alkyl halides is 3. The highest BCUT2D eigenvalue weighted by molar-refractivity contribution is 5.82. The number of carboxylic acid groups (broad SMARTS) is 1. The molecule has 160 valence electrons. The maximum absolute atomic E-state index is 13.7. The molecular formula is C22H29F3N2O2. The van der Waals surface area contributed by atoms with E-state index in [1.54, 1.807) is 6.07 Å². The molecule has 0 radical (unpaired) electrons. The molecule has 2 N–H and O–H groups in total. The number of halogens is 3. The lowest BCUT2D eigenvalue weighted by Gasteiger charge is -2.42. The Morgan fingerprint density at radius 1 is 1.03 bits per heavy atom. The van der Waals surface area contributed by atoms with E-state index in [2.05, 4.69) is 10.2 Å². The van der Waals surface area contributed by atoms with Crippen LogP contribution in [-0.2, 0) is 22.9 Å². The van der Waals surface area contributed by atoms with Gasteiger partial charge in [0.15, 0.2) is 0 Å². The lowest BCUT2D eigenvalue weighted by Crippen LogP contribution is -2.50. The molecule has 1 aromatic rings. The van der Waals surface area contributed by atoms with Crippen LogP contribution in [0.15, 0.2) is 18.2 Å². The molecule has 29 heavy (non-hydrogen) atoms. The zero-order valence-electron chi connectivity index (χ0n) is 16.7. The number of aliphatic carboxylic acids is 1. The second kappa shape index (κ2) is 7.58. The average molecular weight is 410 g/mol. The van der Waals surface area contributed by atoms with Crippen molar-refractivity contribution in [1.82, 2.24) is 10.2 Å². The predicted molar refractivity (Wildman–Crippen MR) is 104 cm³/mol. The molecule has 1 spiro atoms. The second-order valence-corrected chi connectivity index (χ2v) is 9.01. The van der Waals surface area contributed by atoms with Gasteiger partial charge in [-0.2, -0.15) is 13.2 Å². The molecule has 1 saturated carbocycles. The minimum atomic E-state index is -4.49. The molecule has 1 aliphatic carbocycles. The number of nitrogens with zero attached hydrogens (tertiary/aromatic N) is 1. The number of hydrogen-bond acceptors (Lipinski definition) is 3. The van der Waals surface area contributed by atoms with E-state index in [0.29, 0.717) is 30.5 Å². The van der Waals surface area contributed by atoms with Crippen molar-refractivity contribution in [1.29, 1.82) is 0 Å². The van der Waals surface area contributed by atoms with Gasteiger partial charge in [-0.1, -0.05) is 18.9 Å². The summed E-state index contributed by atoms with van der Waals surface area (Å²) in [7, 11) is 0. The molecule has 3 aliphatic rings. The van der Waals surface area contributed by atoms with Crippen molar-refractivity contribution in [2.45, 2.75) is 75.0 Å². The second-order valence-electron chi connectivity index (χ2n) is 9.01. The van der Waals surface area contributed by atoms with E-state index in [9.17, 15) is 23.1 Å². The number of carboxylic acids is 1. The summed E-state index contributed by atoms with van der Waals surface area (Å²) in [6, 6.07) is 4.04. The van der Waals surface area contributed by atoms with Gasteiger partial charge in [0.1, 0.15) is 0 Å². The first-order chi connectivity index (χ1) is 13.8. The number of benzene rings is 1. The fourth-order valence-corrected chi connectivity index (χ4v) is 5.75. The van der Waals surface area contributed by atoms with Gasteiger partial charge in [0, 0.05) is 12.1 Å². The van der Waals surface area contributed by atoms with E-state index in [-0.39, 0.29) is 5.54 Å². The maximum Gasteiger partial charge on any atom is 0.416 e. The SMILES string of the molecule is O=C(O)C1(c2cc(CN3CCCC34CCNCC4)cc(C(F)(F)F)c2)CCCC1. The van der Waals surface area contributed by atoms with Gasteiger partial charge in [0.25, 0.3) is 0 Å². The number of piperidine rings is 1. The number of likely N-dealkylation sites (tertiary alicyclic amines) is 1. The van der Waals surface area contributed by atoms with E-state index >= 15 is 0 Å². The van der Waals surface area contributed by atoms with Gasteiger partial charge < -0.3 is 10.4 Å². The Bertz CT molecular complexity index is 766. The minimum Gasteiger partial charge on any atom is -0.481 e. The first-order valence-electron chi connectivity index (χ1n) is 10.7. The third kappa shape index (κ3) is 3.79. The van der Waals surface area contributed by atoms with Crippen LogP contribution in [-0.4, -0.2) is 41.1 Å². The molecule has 3 fully saturated rings. The molecule has 0 bridgehead atoms. The van der Waals surface area contributed by atoms with Gasteiger partial charge in [-0.3, -0.25) is 9.69 Å². The average Bonchev–Trinajstić information content (AvgIpc) is 3.31. The van der Waals surface area contributed by atoms with Crippen LogP contribution in [0.5, 0.6) is 0 Å². The third-order valence-electron chi connectivity index (χ3n) is 7.39. The standard InChI is InChI=1S/C22H29F3N2O2/c23-22(24,25)18-13-16(12-17(14-18)21(19(28)29)5-1-2-6-21)15-27-11-3-4-20(27)7-9-26-10-8-20/h12-14,26H,1-11,15H2,(H,28,29). The Labute approximate surface area is 169 Å². The smallest absolute Gasteiger partial charge is 0.416 e. The molecule has 2 aliphatic heterocycles. The summed E-state index contributed by atoms with van der Waals surface area (Å²) < 4.78 is 41.0. The number of rotatable bonds is 4. The van der Waals surface area contributed by atoms with Gasteiger partial charge >= 0.3 is 12.1 Å². The van der Waals surface area contributed by atoms with Gasteiger partial charge in [0.2, 0.25) is 0 Å². The Kier molecular flexibility index (Phi) is 5.40. The molecular weight excluding hydrogens is 381 g/mol. The summed E-state index contributed by atoms with van der Waals surface area (Å²) in [6.45, 7) is 3.21. The summed E-state index contributed by atoms with van der Waals surface area (Å²) in [4.78, 5) is 14.4. The summed E-state index contributed by atoms with van der Waals surface area (Å²) in [6.07, 6.45) is 1.96. The van der Waals surface area contributed by atoms with Crippen LogP contribution in [0.4, 0.5) is 13.2 Å². The van der Waals surface area contributed by atoms with Crippen LogP contribution in [0.1, 0.15) is 68.1 Å². The highest BCUT2D eigenvalue weighted by Crippen LogP contribution is 2.44. The normalized spacial score (nSPS) is 24.2. The van der Waals surface area contributed by atoms with Crippen LogP contribution in [0.2, 0.25) is 0 Å². The molecule has 0 atom stereocenters. The quantitative estimate of drug-likeness (QED) is 0.776. The van der Waals surface area contributed by atoms with E-state index in [1.165, 1.54) is 6.07 Å². The van der Waals surface area contributed by atoms with Gasteiger partial charge in [0.05, 0.1) is 11.0 Å². The van der Waals surface area contributed by atoms with Crippen LogP contribution in [0, 0.1) is 0 Å². The van der Waals surface area contributed by atoms with Crippen molar-refractivity contribution in [3.05, 3.63) is 34.9 Å². The monoisotopic (exact) mass is 410 g/mol. The zero-order valence-corrected chi connectivity index (χ0v) is 16.7. The lowest BCUT2D eigenvalue weighted by molar-refractivity contribution is -0.144. The van der Waals surface area contributed by atoms with E-state index in [1.807, 2.05) is 0 Å². The van der Waals surface area contributed by atoms with Gasteiger partial charge in [-0.15, -0.1) is 0 Å². The molecule has 0 unspecified atom stereocenters. The van der Waals surface area contributed by atoms with Gasteiger partial charge in [-0.05, 0) is 81.4 Å². The summed E-state index contributed by atoms with van der Waals surface area (Å²) >= 11 is 0. The first kappa shape index (κ1) is 20.7. The van der Waals surface area contributed by atoms with Crippen LogP contribution >= 0.6 is 0 Å². The molecule has 0 amide bonds.